The Morgan fingerprint density at radius 1 is 1.08 bits per heavy atom. The normalized spacial score (nSPS) is 11.5. The number of nitrogens with one attached hydrogen (secondary N) is 2. The molecule has 2 rings (SSSR count). The summed E-state index contributed by atoms with van der Waals surface area (Å²) in [6.45, 7) is 3.60. The molecule has 0 aliphatic heterocycles. The van der Waals surface area contributed by atoms with Gasteiger partial charge in [-0.1, -0.05) is 48.9 Å². The molecule has 2 aromatic rings. The summed E-state index contributed by atoms with van der Waals surface area (Å²) in [7, 11) is 0. The van der Waals surface area contributed by atoms with Crippen molar-refractivity contribution in [3.8, 4) is 5.75 Å². The standard InChI is InChI=1S/C19H21ClN2O3/c1-13(15-6-4-3-5-7-15)11-18(23)21-22-19(24)12-25-17-9-8-16(20)10-14(17)2/h3-10,13H,11-12H2,1-2H3,(H,21,23)(H,22,24)/t13-/m1/s1. The molecule has 0 aromatic heterocycles. The first-order valence-corrected chi connectivity index (χ1v) is 8.35. The van der Waals surface area contributed by atoms with Gasteiger partial charge in [-0.3, -0.25) is 20.4 Å². The molecule has 2 amide bonds. The Balaban J connectivity index is 1.73. The molecule has 25 heavy (non-hydrogen) atoms. The third-order valence-electron chi connectivity index (χ3n) is 3.70. The third-order valence-corrected chi connectivity index (χ3v) is 3.93. The molecular formula is C19H21ClN2O3. The van der Waals surface area contributed by atoms with E-state index in [0.717, 1.165) is 11.1 Å². The molecule has 0 spiro atoms. The number of ether oxygens (including phenoxy) is 1. The van der Waals surface area contributed by atoms with Crippen LogP contribution in [0.4, 0.5) is 0 Å². The number of hydrogen-bond donors (Lipinski definition) is 2. The van der Waals surface area contributed by atoms with Gasteiger partial charge in [-0.05, 0) is 42.2 Å². The van der Waals surface area contributed by atoms with Crippen LogP contribution in [-0.4, -0.2) is 18.4 Å². The molecule has 0 bridgehead atoms. The smallest absolute Gasteiger partial charge is 0.276 e. The van der Waals surface area contributed by atoms with Gasteiger partial charge in [-0.2, -0.15) is 0 Å². The lowest BCUT2D eigenvalue weighted by Gasteiger charge is -2.13. The van der Waals surface area contributed by atoms with Crippen molar-refractivity contribution >= 4 is 23.4 Å². The second-order valence-corrected chi connectivity index (χ2v) is 6.25. The number of hydrazine groups is 1. The minimum atomic E-state index is -0.435. The van der Waals surface area contributed by atoms with Crippen LogP contribution in [0.15, 0.2) is 48.5 Å². The van der Waals surface area contributed by atoms with E-state index >= 15 is 0 Å². The number of benzene rings is 2. The fourth-order valence-corrected chi connectivity index (χ4v) is 2.55. The quantitative estimate of drug-likeness (QED) is 0.776. The average molecular weight is 361 g/mol. The molecule has 2 aromatic carbocycles. The zero-order chi connectivity index (χ0) is 18.2. The van der Waals surface area contributed by atoms with Crippen LogP contribution in [0.2, 0.25) is 5.02 Å². The third kappa shape index (κ3) is 6.12. The van der Waals surface area contributed by atoms with Gasteiger partial charge in [0.1, 0.15) is 5.75 Å². The lowest BCUT2D eigenvalue weighted by molar-refractivity contribution is -0.130. The van der Waals surface area contributed by atoms with Crippen molar-refractivity contribution in [2.24, 2.45) is 0 Å². The van der Waals surface area contributed by atoms with Crippen molar-refractivity contribution in [2.45, 2.75) is 26.2 Å². The topological polar surface area (TPSA) is 67.4 Å². The van der Waals surface area contributed by atoms with Gasteiger partial charge in [-0.15, -0.1) is 0 Å². The molecule has 0 unspecified atom stereocenters. The first-order valence-electron chi connectivity index (χ1n) is 7.97. The maximum atomic E-state index is 11.9. The fraction of sp³-hybridized carbons (Fsp3) is 0.263. The highest BCUT2D eigenvalue weighted by Crippen LogP contribution is 2.21. The minimum absolute atomic E-state index is 0.0612. The van der Waals surface area contributed by atoms with Gasteiger partial charge in [0.25, 0.3) is 5.91 Å². The number of carbonyl (C=O) groups excluding carboxylic acids is 2. The van der Waals surface area contributed by atoms with Gasteiger partial charge in [-0.25, -0.2) is 0 Å². The average Bonchev–Trinajstić information content (AvgIpc) is 2.60. The zero-order valence-electron chi connectivity index (χ0n) is 14.2. The maximum absolute atomic E-state index is 11.9. The largest absolute Gasteiger partial charge is 0.483 e. The minimum Gasteiger partial charge on any atom is -0.483 e. The van der Waals surface area contributed by atoms with Gasteiger partial charge >= 0.3 is 0 Å². The molecule has 0 saturated heterocycles. The molecule has 5 nitrogen and oxygen atoms in total. The molecule has 6 heteroatoms. The Morgan fingerprint density at radius 2 is 1.76 bits per heavy atom. The summed E-state index contributed by atoms with van der Waals surface area (Å²) < 4.78 is 5.41. The zero-order valence-corrected chi connectivity index (χ0v) is 15.0. The highest BCUT2D eigenvalue weighted by molar-refractivity contribution is 6.30. The van der Waals surface area contributed by atoms with E-state index in [-0.39, 0.29) is 24.9 Å². The lowest BCUT2D eigenvalue weighted by atomic mass is 9.98. The summed E-state index contributed by atoms with van der Waals surface area (Å²) in [4.78, 5) is 23.7. The van der Waals surface area contributed by atoms with Crippen molar-refractivity contribution in [3.63, 3.8) is 0 Å². The maximum Gasteiger partial charge on any atom is 0.276 e. The predicted molar refractivity (Wildman–Crippen MR) is 97.4 cm³/mol. The van der Waals surface area contributed by atoms with Crippen LogP contribution in [0.5, 0.6) is 5.75 Å². The molecule has 132 valence electrons. The molecule has 0 saturated carbocycles. The van der Waals surface area contributed by atoms with Crippen LogP contribution in [0.25, 0.3) is 0 Å². The molecule has 0 fully saturated rings. The van der Waals surface area contributed by atoms with E-state index in [1.165, 1.54) is 0 Å². The van der Waals surface area contributed by atoms with Gasteiger partial charge in [0, 0.05) is 11.4 Å². The summed E-state index contributed by atoms with van der Waals surface area (Å²) >= 11 is 5.87. The van der Waals surface area contributed by atoms with E-state index in [1.54, 1.807) is 18.2 Å². The second kappa shape index (κ2) is 9.08. The Labute approximate surface area is 152 Å². The first kappa shape index (κ1) is 18.8. The Morgan fingerprint density at radius 3 is 2.44 bits per heavy atom. The van der Waals surface area contributed by atoms with Gasteiger partial charge < -0.3 is 4.74 Å². The molecule has 0 aliphatic carbocycles. The number of amides is 2. The van der Waals surface area contributed by atoms with Crippen molar-refractivity contribution < 1.29 is 14.3 Å². The van der Waals surface area contributed by atoms with Gasteiger partial charge in [0.05, 0.1) is 0 Å². The van der Waals surface area contributed by atoms with E-state index in [9.17, 15) is 9.59 Å². The summed E-state index contributed by atoms with van der Waals surface area (Å²) in [6, 6.07) is 14.9. The van der Waals surface area contributed by atoms with Crippen LogP contribution < -0.4 is 15.6 Å². The molecule has 1 atom stereocenters. The molecule has 0 radical (unpaired) electrons. The van der Waals surface area contributed by atoms with Crippen LogP contribution in [0.3, 0.4) is 0 Å². The van der Waals surface area contributed by atoms with E-state index in [1.807, 2.05) is 44.2 Å². The SMILES string of the molecule is Cc1cc(Cl)ccc1OCC(=O)NNC(=O)C[C@@H](C)c1ccccc1. The Kier molecular flexibility index (Phi) is 6.83. The summed E-state index contributed by atoms with van der Waals surface area (Å²) in [5, 5.41) is 0.606. The molecular weight excluding hydrogens is 340 g/mol. The van der Waals surface area contributed by atoms with E-state index in [2.05, 4.69) is 10.9 Å². The predicted octanol–water partition coefficient (Wildman–Crippen LogP) is 3.37. The van der Waals surface area contributed by atoms with E-state index < -0.39 is 5.91 Å². The number of carbonyl (C=O) groups is 2. The van der Waals surface area contributed by atoms with Gasteiger partial charge in [0.15, 0.2) is 6.61 Å². The van der Waals surface area contributed by atoms with Crippen molar-refractivity contribution in [2.75, 3.05) is 6.61 Å². The van der Waals surface area contributed by atoms with Crippen LogP contribution in [-0.2, 0) is 9.59 Å². The summed E-state index contributed by atoms with van der Waals surface area (Å²) in [6.07, 6.45) is 0.279. The van der Waals surface area contributed by atoms with Crippen LogP contribution in [0.1, 0.15) is 30.4 Å². The monoisotopic (exact) mass is 360 g/mol. The van der Waals surface area contributed by atoms with E-state index in [0.29, 0.717) is 10.8 Å². The fourth-order valence-electron chi connectivity index (χ4n) is 2.32. The van der Waals surface area contributed by atoms with E-state index in [4.69, 9.17) is 16.3 Å². The van der Waals surface area contributed by atoms with Crippen LogP contribution in [0, 0.1) is 6.92 Å². The second-order valence-electron chi connectivity index (χ2n) is 5.81. The molecule has 2 N–H and O–H groups in total. The van der Waals surface area contributed by atoms with Gasteiger partial charge in [0.2, 0.25) is 5.91 Å². The molecule has 0 aliphatic rings. The highest BCUT2D eigenvalue weighted by Gasteiger charge is 2.12. The number of rotatable bonds is 6. The summed E-state index contributed by atoms with van der Waals surface area (Å²) in [5.41, 5.74) is 6.66. The van der Waals surface area contributed by atoms with Crippen molar-refractivity contribution in [1.29, 1.82) is 0 Å². The number of halogens is 1. The summed E-state index contributed by atoms with van der Waals surface area (Å²) in [5.74, 6) is -0.0583. The lowest BCUT2D eigenvalue weighted by Crippen LogP contribution is -2.44. The van der Waals surface area contributed by atoms with Crippen molar-refractivity contribution in [1.82, 2.24) is 10.9 Å². The number of aryl methyl sites for hydroxylation is 1. The molecule has 0 heterocycles. The number of hydrogen-bond acceptors (Lipinski definition) is 3. The highest BCUT2D eigenvalue weighted by atomic mass is 35.5. The first-order chi connectivity index (χ1) is 12.0. The van der Waals surface area contributed by atoms with Crippen molar-refractivity contribution in [3.05, 3.63) is 64.7 Å². The Hall–Kier alpha value is -2.53. The van der Waals surface area contributed by atoms with Crippen LogP contribution >= 0.6 is 11.6 Å². The Bertz CT molecular complexity index is 735.